The van der Waals surface area contributed by atoms with E-state index in [9.17, 15) is 4.79 Å². The number of nitrogens with zero attached hydrogens (tertiary/aromatic N) is 3. The summed E-state index contributed by atoms with van der Waals surface area (Å²) in [7, 11) is 0. The molecular formula is C23H23Cl2N3O2. The molecule has 0 atom stereocenters. The van der Waals surface area contributed by atoms with Crippen LogP contribution in [-0.2, 0) is 11.3 Å². The molecule has 0 unspecified atom stereocenters. The van der Waals surface area contributed by atoms with Crippen LogP contribution < -0.4 is 4.90 Å². The van der Waals surface area contributed by atoms with Crippen molar-refractivity contribution in [3.05, 3.63) is 69.8 Å². The summed E-state index contributed by atoms with van der Waals surface area (Å²) in [6, 6.07) is 14.1. The van der Waals surface area contributed by atoms with Gasteiger partial charge in [-0.25, -0.2) is 4.79 Å². The largest absolute Gasteiger partial charge is 0.462 e. The number of pyridine rings is 1. The number of piperazine rings is 1. The zero-order valence-corrected chi connectivity index (χ0v) is 18.3. The third kappa shape index (κ3) is 4.24. The molecule has 7 heteroatoms. The van der Waals surface area contributed by atoms with Crippen molar-refractivity contribution in [2.45, 2.75) is 13.5 Å². The second kappa shape index (κ2) is 9.21. The zero-order valence-electron chi connectivity index (χ0n) is 16.8. The lowest BCUT2D eigenvalue weighted by molar-refractivity contribution is 0.0526. The predicted molar refractivity (Wildman–Crippen MR) is 122 cm³/mol. The fourth-order valence-electron chi connectivity index (χ4n) is 3.86. The Kier molecular flexibility index (Phi) is 6.42. The van der Waals surface area contributed by atoms with Gasteiger partial charge in [0.05, 0.1) is 27.9 Å². The van der Waals surface area contributed by atoms with Gasteiger partial charge in [-0.15, -0.1) is 0 Å². The highest BCUT2D eigenvalue weighted by Crippen LogP contribution is 2.37. The number of hydrogen-bond donors (Lipinski definition) is 0. The summed E-state index contributed by atoms with van der Waals surface area (Å²) < 4.78 is 5.29. The zero-order chi connectivity index (χ0) is 21.1. The van der Waals surface area contributed by atoms with Crippen LogP contribution in [0.3, 0.4) is 0 Å². The fraction of sp³-hybridized carbons (Fsp3) is 0.304. The predicted octanol–water partition coefficient (Wildman–Crippen LogP) is 5.04. The van der Waals surface area contributed by atoms with Crippen LogP contribution in [0.2, 0.25) is 10.0 Å². The first-order chi connectivity index (χ1) is 14.6. The Morgan fingerprint density at radius 2 is 1.80 bits per heavy atom. The minimum absolute atomic E-state index is 0.308. The van der Waals surface area contributed by atoms with Gasteiger partial charge in [-0.05, 0) is 24.6 Å². The van der Waals surface area contributed by atoms with Crippen LogP contribution in [0, 0.1) is 0 Å². The lowest BCUT2D eigenvalue weighted by Crippen LogP contribution is -2.46. The van der Waals surface area contributed by atoms with Crippen LogP contribution in [0.1, 0.15) is 22.8 Å². The summed E-state index contributed by atoms with van der Waals surface area (Å²) in [5.41, 5.74) is 3.17. The Hall–Kier alpha value is -2.34. The molecule has 4 rings (SSSR count). The van der Waals surface area contributed by atoms with Crippen LogP contribution in [0.15, 0.2) is 48.7 Å². The number of aromatic nitrogens is 1. The number of halogens is 2. The summed E-state index contributed by atoms with van der Waals surface area (Å²) in [5, 5.41) is 1.65. The smallest absolute Gasteiger partial charge is 0.341 e. The molecule has 0 saturated carbocycles. The first kappa shape index (κ1) is 20.9. The number of rotatable bonds is 5. The molecule has 2 heterocycles. The van der Waals surface area contributed by atoms with Gasteiger partial charge < -0.3 is 9.64 Å². The van der Waals surface area contributed by atoms with Gasteiger partial charge in [-0.2, -0.15) is 0 Å². The molecule has 1 fully saturated rings. The highest BCUT2D eigenvalue weighted by atomic mass is 35.5. The molecule has 2 aromatic carbocycles. The number of fused-ring (bicyclic) bond motifs is 1. The van der Waals surface area contributed by atoms with Gasteiger partial charge in [0.15, 0.2) is 0 Å². The number of carbonyl (C=O) groups excluding carboxylic acids is 1. The minimum atomic E-state index is -0.375. The third-order valence-electron chi connectivity index (χ3n) is 5.33. The molecule has 30 heavy (non-hydrogen) atoms. The Balaban J connectivity index is 1.64. The van der Waals surface area contributed by atoms with Crippen molar-refractivity contribution in [3.63, 3.8) is 0 Å². The second-order valence-corrected chi connectivity index (χ2v) is 8.03. The highest BCUT2D eigenvalue weighted by Gasteiger charge is 2.26. The molecule has 1 aromatic heterocycles. The lowest BCUT2D eigenvalue weighted by Gasteiger charge is -2.37. The van der Waals surface area contributed by atoms with Crippen molar-refractivity contribution in [1.82, 2.24) is 9.88 Å². The molecule has 5 nitrogen and oxygen atoms in total. The van der Waals surface area contributed by atoms with E-state index in [0.717, 1.165) is 43.8 Å². The van der Waals surface area contributed by atoms with E-state index in [2.05, 4.69) is 39.0 Å². The van der Waals surface area contributed by atoms with Gasteiger partial charge in [-0.1, -0.05) is 53.5 Å². The molecule has 1 saturated heterocycles. The Bertz CT molecular complexity index is 1050. The van der Waals surface area contributed by atoms with Crippen LogP contribution >= 0.6 is 23.2 Å². The van der Waals surface area contributed by atoms with E-state index >= 15 is 0 Å². The number of esters is 1. The molecule has 0 radical (unpaired) electrons. The van der Waals surface area contributed by atoms with E-state index in [1.807, 2.05) is 12.1 Å². The Labute approximate surface area is 186 Å². The van der Waals surface area contributed by atoms with E-state index in [1.54, 1.807) is 19.2 Å². The van der Waals surface area contributed by atoms with Gasteiger partial charge in [0.25, 0.3) is 0 Å². The molecular weight excluding hydrogens is 421 g/mol. The van der Waals surface area contributed by atoms with Crippen LogP contribution in [-0.4, -0.2) is 48.6 Å². The average Bonchev–Trinajstić information content (AvgIpc) is 2.77. The first-order valence-electron chi connectivity index (χ1n) is 10.0. The van der Waals surface area contributed by atoms with Crippen molar-refractivity contribution in [3.8, 4) is 0 Å². The van der Waals surface area contributed by atoms with Crippen molar-refractivity contribution in [2.24, 2.45) is 0 Å². The van der Waals surface area contributed by atoms with Gasteiger partial charge in [-0.3, -0.25) is 9.88 Å². The van der Waals surface area contributed by atoms with Gasteiger partial charge in [0.2, 0.25) is 0 Å². The summed E-state index contributed by atoms with van der Waals surface area (Å²) in [6.45, 7) is 6.38. The quantitative estimate of drug-likeness (QED) is 0.516. The van der Waals surface area contributed by atoms with Crippen molar-refractivity contribution in [1.29, 1.82) is 0 Å². The number of ether oxygens (including phenoxy) is 1. The maximum Gasteiger partial charge on any atom is 0.341 e. The molecule has 0 aliphatic carbocycles. The molecule has 156 valence electrons. The molecule has 0 amide bonds. The average molecular weight is 444 g/mol. The number of carbonyl (C=O) groups is 1. The van der Waals surface area contributed by atoms with Crippen molar-refractivity contribution < 1.29 is 9.53 Å². The Morgan fingerprint density at radius 1 is 1.07 bits per heavy atom. The normalized spacial score (nSPS) is 14.8. The summed E-state index contributed by atoms with van der Waals surface area (Å²) in [5.74, 6) is -0.375. The summed E-state index contributed by atoms with van der Waals surface area (Å²) in [4.78, 5) is 21.7. The maximum atomic E-state index is 12.7. The molecule has 0 spiro atoms. The highest BCUT2D eigenvalue weighted by molar-refractivity contribution is 6.45. The van der Waals surface area contributed by atoms with E-state index in [1.165, 1.54) is 5.56 Å². The fourth-order valence-corrected chi connectivity index (χ4v) is 4.23. The Morgan fingerprint density at radius 3 is 2.50 bits per heavy atom. The molecule has 1 aliphatic heterocycles. The first-order valence-corrected chi connectivity index (χ1v) is 10.8. The van der Waals surface area contributed by atoms with E-state index in [4.69, 9.17) is 27.9 Å². The number of benzene rings is 2. The summed E-state index contributed by atoms with van der Waals surface area (Å²) >= 11 is 12.6. The molecule has 0 bridgehead atoms. The van der Waals surface area contributed by atoms with Gasteiger partial charge in [0.1, 0.15) is 5.56 Å². The van der Waals surface area contributed by atoms with Crippen LogP contribution in [0.4, 0.5) is 5.69 Å². The minimum Gasteiger partial charge on any atom is -0.462 e. The topological polar surface area (TPSA) is 45.7 Å². The lowest BCUT2D eigenvalue weighted by atomic mass is 10.1. The number of hydrogen-bond acceptors (Lipinski definition) is 5. The van der Waals surface area contributed by atoms with E-state index in [0.29, 0.717) is 27.7 Å². The van der Waals surface area contributed by atoms with Crippen LogP contribution in [0.5, 0.6) is 0 Å². The van der Waals surface area contributed by atoms with Crippen molar-refractivity contribution in [2.75, 3.05) is 37.7 Å². The van der Waals surface area contributed by atoms with E-state index in [-0.39, 0.29) is 5.97 Å². The van der Waals surface area contributed by atoms with Gasteiger partial charge >= 0.3 is 5.97 Å². The monoisotopic (exact) mass is 443 g/mol. The van der Waals surface area contributed by atoms with Crippen LogP contribution in [0.25, 0.3) is 10.9 Å². The summed E-state index contributed by atoms with van der Waals surface area (Å²) in [6.07, 6.45) is 1.55. The maximum absolute atomic E-state index is 12.7. The molecule has 0 N–H and O–H groups in total. The third-order valence-corrected chi connectivity index (χ3v) is 6.13. The number of anilines is 1. The molecule has 1 aliphatic rings. The van der Waals surface area contributed by atoms with E-state index < -0.39 is 0 Å². The van der Waals surface area contributed by atoms with Gasteiger partial charge in [0, 0.05) is 44.3 Å². The molecule has 3 aromatic rings. The second-order valence-electron chi connectivity index (χ2n) is 7.25. The standard InChI is InChI=1S/C23H23Cl2N3O2/c1-2-30-23(29)18-14-26-21-17(8-9-19(24)20(21)25)22(18)28-12-10-27(11-13-28)15-16-6-4-3-5-7-16/h3-9,14H,2,10-13,15H2,1H3. The SMILES string of the molecule is CCOC(=O)c1cnc2c(Cl)c(Cl)ccc2c1N1CCN(Cc2ccccc2)CC1. The van der Waals surface area contributed by atoms with Crippen molar-refractivity contribution >= 4 is 45.8 Å².